The fraction of sp³-hybridized carbons (Fsp3) is 1.00. The van der Waals surface area contributed by atoms with E-state index in [9.17, 15) is 5.11 Å². The van der Waals surface area contributed by atoms with Gasteiger partial charge in [0, 0.05) is 5.92 Å². The van der Waals surface area contributed by atoms with Gasteiger partial charge in [-0.2, -0.15) is 0 Å². The first kappa shape index (κ1) is 7.98. The van der Waals surface area contributed by atoms with Gasteiger partial charge in [0.25, 0.3) is 0 Å². The Bertz CT molecular complexity index is 115. The summed E-state index contributed by atoms with van der Waals surface area (Å²) in [6, 6.07) is 0. The van der Waals surface area contributed by atoms with Gasteiger partial charge in [0.1, 0.15) is 0 Å². The first-order chi connectivity index (χ1) is 4.38. The fourth-order valence-corrected chi connectivity index (χ4v) is 1.44. The molecule has 1 N–H and O–H groups in total. The summed E-state index contributed by atoms with van der Waals surface area (Å²) in [4.78, 5) is 0. The molecule has 3 heteroatoms. The summed E-state index contributed by atoms with van der Waals surface area (Å²) >= 11 is 0. The minimum atomic E-state index is -0.280. The second kappa shape index (κ2) is 2.86. The lowest BCUT2D eigenvalue weighted by Gasteiger charge is -2.06. The van der Waals surface area contributed by atoms with Gasteiger partial charge in [-0.1, -0.05) is 7.43 Å². The third-order valence-corrected chi connectivity index (χ3v) is 2.01. The number of ether oxygens (including phenoxy) is 2. The van der Waals surface area contributed by atoms with E-state index in [-0.39, 0.29) is 25.7 Å². The van der Waals surface area contributed by atoms with Gasteiger partial charge >= 0.3 is 0 Å². The Kier molecular flexibility index (Phi) is 2.28. The highest BCUT2D eigenvalue weighted by Crippen LogP contribution is 2.30. The fourth-order valence-electron chi connectivity index (χ4n) is 1.44. The van der Waals surface area contributed by atoms with Crippen molar-refractivity contribution in [2.75, 3.05) is 13.2 Å². The van der Waals surface area contributed by atoms with Crippen LogP contribution in [0.4, 0.5) is 0 Å². The topological polar surface area (TPSA) is 38.7 Å². The summed E-state index contributed by atoms with van der Waals surface area (Å²) in [6.45, 7) is 1.20. The molecule has 2 saturated heterocycles. The van der Waals surface area contributed by atoms with Crippen LogP contribution in [0.2, 0.25) is 0 Å². The zero-order valence-corrected chi connectivity index (χ0v) is 5.12. The van der Waals surface area contributed by atoms with Crippen LogP contribution in [0.5, 0.6) is 0 Å². The molecule has 3 atom stereocenters. The van der Waals surface area contributed by atoms with E-state index in [4.69, 9.17) is 9.47 Å². The van der Waals surface area contributed by atoms with E-state index in [1.165, 1.54) is 0 Å². The van der Waals surface area contributed by atoms with E-state index in [1.807, 2.05) is 0 Å². The van der Waals surface area contributed by atoms with E-state index in [1.54, 1.807) is 0 Å². The van der Waals surface area contributed by atoms with Crippen molar-refractivity contribution in [2.45, 2.75) is 26.2 Å². The number of hydrogen-bond acceptors (Lipinski definition) is 3. The van der Waals surface area contributed by atoms with Crippen molar-refractivity contribution < 1.29 is 14.6 Å². The second-order valence-corrected chi connectivity index (χ2v) is 2.59. The Morgan fingerprint density at radius 3 is 2.80 bits per heavy atom. The molecule has 2 fully saturated rings. The quantitative estimate of drug-likeness (QED) is 0.537. The Hall–Kier alpha value is -0.120. The third-order valence-electron chi connectivity index (χ3n) is 2.01. The van der Waals surface area contributed by atoms with Gasteiger partial charge in [0.05, 0.1) is 19.3 Å². The normalized spacial score (nSPS) is 44.7. The third kappa shape index (κ3) is 1.05. The van der Waals surface area contributed by atoms with Crippen molar-refractivity contribution in [3.05, 3.63) is 0 Å². The largest absolute Gasteiger partial charge is 0.390 e. The van der Waals surface area contributed by atoms with Crippen LogP contribution in [-0.2, 0) is 9.47 Å². The molecule has 0 radical (unpaired) electrons. The minimum absolute atomic E-state index is 0. The van der Waals surface area contributed by atoms with Crippen LogP contribution >= 0.6 is 0 Å². The molecule has 2 unspecified atom stereocenters. The molecule has 2 aliphatic rings. The number of fused-ring (bicyclic) bond motifs is 1. The predicted molar refractivity (Wildman–Crippen MR) is 36.5 cm³/mol. The lowest BCUT2D eigenvalue weighted by Crippen LogP contribution is -2.18. The Morgan fingerprint density at radius 2 is 2.10 bits per heavy atom. The maximum Gasteiger partial charge on any atom is 0.163 e. The number of aliphatic hydroxyl groups excluding tert-OH is 1. The van der Waals surface area contributed by atoms with Gasteiger partial charge in [-0.05, 0) is 6.42 Å². The highest BCUT2D eigenvalue weighted by atomic mass is 16.7. The Labute approximate surface area is 60.9 Å². The van der Waals surface area contributed by atoms with Crippen molar-refractivity contribution in [1.82, 2.24) is 0 Å². The van der Waals surface area contributed by atoms with E-state index >= 15 is 0 Å². The maximum atomic E-state index is 9.19. The smallest absolute Gasteiger partial charge is 0.163 e. The van der Waals surface area contributed by atoms with Crippen LogP contribution in [0.25, 0.3) is 0 Å². The SMILES string of the molecule is C.OC1COC2OCC[C@@H]12. The van der Waals surface area contributed by atoms with Crippen LogP contribution < -0.4 is 0 Å². The summed E-state index contributed by atoms with van der Waals surface area (Å²) in [6.07, 6.45) is 0.573. The van der Waals surface area contributed by atoms with Gasteiger partial charge < -0.3 is 14.6 Å². The van der Waals surface area contributed by atoms with E-state index < -0.39 is 0 Å². The van der Waals surface area contributed by atoms with Crippen molar-refractivity contribution in [3.8, 4) is 0 Å². The van der Waals surface area contributed by atoms with Crippen LogP contribution in [0.1, 0.15) is 13.8 Å². The van der Waals surface area contributed by atoms with Gasteiger partial charge in [0.15, 0.2) is 6.29 Å². The lowest BCUT2D eigenvalue weighted by molar-refractivity contribution is -0.0907. The van der Waals surface area contributed by atoms with E-state index in [0.29, 0.717) is 6.61 Å². The molecule has 0 aromatic heterocycles. The lowest BCUT2D eigenvalue weighted by atomic mass is 10.0. The molecule has 60 valence electrons. The summed E-state index contributed by atoms with van der Waals surface area (Å²) in [7, 11) is 0. The molecule has 2 heterocycles. The van der Waals surface area contributed by atoms with Crippen LogP contribution in [0.3, 0.4) is 0 Å². The molecule has 0 aromatic carbocycles. The number of rotatable bonds is 0. The summed E-state index contributed by atoms with van der Waals surface area (Å²) in [5.74, 6) is 0.255. The Morgan fingerprint density at radius 1 is 1.30 bits per heavy atom. The minimum Gasteiger partial charge on any atom is -0.390 e. The molecule has 0 aliphatic carbocycles. The molecule has 3 nitrogen and oxygen atoms in total. The molecule has 0 bridgehead atoms. The van der Waals surface area contributed by atoms with Gasteiger partial charge in [-0.3, -0.25) is 0 Å². The first-order valence-electron chi connectivity index (χ1n) is 3.29. The molecule has 0 saturated carbocycles. The molecule has 0 amide bonds. The Balaban J connectivity index is 0.000000500. The summed E-state index contributed by atoms with van der Waals surface area (Å²) in [5, 5.41) is 9.19. The zero-order chi connectivity index (χ0) is 6.27. The van der Waals surface area contributed by atoms with Crippen molar-refractivity contribution in [1.29, 1.82) is 0 Å². The average molecular weight is 146 g/mol. The summed E-state index contributed by atoms with van der Waals surface area (Å²) in [5.41, 5.74) is 0. The van der Waals surface area contributed by atoms with Gasteiger partial charge in [-0.15, -0.1) is 0 Å². The standard InChI is InChI=1S/C6H10O3.CH4/c7-5-3-9-6-4(5)1-2-8-6;/h4-7H,1-3H2;1H4/t4-,5?,6?;/m0./s1. The number of hydrogen-bond donors (Lipinski definition) is 1. The van der Waals surface area contributed by atoms with Crippen LogP contribution in [0.15, 0.2) is 0 Å². The monoisotopic (exact) mass is 146 g/mol. The van der Waals surface area contributed by atoms with Crippen molar-refractivity contribution in [2.24, 2.45) is 5.92 Å². The molecular weight excluding hydrogens is 132 g/mol. The van der Waals surface area contributed by atoms with Crippen molar-refractivity contribution in [3.63, 3.8) is 0 Å². The number of aliphatic hydroxyl groups is 1. The highest BCUT2D eigenvalue weighted by Gasteiger charge is 2.40. The van der Waals surface area contributed by atoms with E-state index in [2.05, 4.69) is 0 Å². The van der Waals surface area contributed by atoms with Gasteiger partial charge in [-0.25, -0.2) is 0 Å². The predicted octanol–water partition coefficient (Wildman–Crippen LogP) is 0.376. The molecule has 0 spiro atoms. The van der Waals surface area contributed by atoms with E-state index in [0.717, 1.165) is 13.0 Å². The zero-order valence-electron chi connectivity index (χ0n) is 5.12. The molecule has 10 heavy (non-hydrogen) atoms. The molecular formula is C7H14O3. The second-order valence-electron chi connectivity index (χ2n) is 2.59. The molecule has 2 rings (SSSR count). The highest BCUT2D eigenvalue weighted by molar-refractivity contribution is 4.81. The molecule has 0 aromatic rings. The molecule has 2 aliphatic heterocycles. The maximum absolute atomic E-state index is 9.19. The van der Waals surface area contributed by atoms with Crippen LogP contribution in [0, 0.1) is 5.92 Å². The van der Waals surface area contributed by atoms with Crippen LogP contribution in [-0.4, -0.2) is 30.7 Å². The average Bonchev–Trinajstić information content (AvgIpc) is 2.35. The van der Waals surface area contributed by atoms with Gasteiger partial charge in [0.2, 0.25) is 0 Å². The summed E-state index contributed by atoms with van der Waals surface area (Å²) < 4.78 is 10.3. The van der Waals surface area contributed by atoms with Crippen molar-refractivity contribution >= 4 is 0 Å². The first-order valence-corrected chi connectivity index (χ1v) is 3.29.